The number of carboxylic acid groups (broad SMARTS) is 1. The molecule has 0 heterocycles. The molecule has 1 amide bonds. The van der Waals surface area contributed by atoms with Crippen LogP contribution < -0.4 is 0 Å². The molecule has 1 N–H and O–H groups in total. The number of nitrogens with zero attached hydrogens (tertiary/aromatic N) is 1. The Morgan fingerprint density at radius 1 is 1.22 bits per heavy atom. The predicted octanol–water partition coefficient (Wildman–Crippen LogP) is 2.13. The summed E-state index contributed by atoms with van der Waals surface area (Å²) in [6, 6.07) is 0. The molecule has 0 bridgehead atoms. The van der Waals surface area contributed by atoms with Gasteiger partial charge >= 0.3 is 5.97 Å². The number of carbonyl (C=O) groups excluding carboxylic acids is 1. The van der Waals surface area contributed by atoms with Gasteiger partial charge in [-0.3, -0.25) is 4.79 Å². The van der Waals surface area contributed by atoms with E-state index in [-0.39, 0.29) is 11.8 Å². The van der Waals surface area contributed by atoms with Crippen LogP contribution in [0.5, 0.6) is 0 Å². The largest absolute Gasteiger partial charge is 0.480 e. The number of hydrogen-bond donors (Lipinski definition) is 1. The molecule has 2 aliphatic carbocycles. The lowest BCUT2D eigenvalue weighted by Crippen LogP contribution is -2.53. The summed E-state index contributed by atoms with van der Waals surface area (Å²) in [4.78, 5) is 25.3. The molecule has 2 rings (SSSR count). The van der Waals surface area contributed by atoms with Crippen molar-refractivity contribution in [1.29, 1.82) is 0 Å². The van der Waals surface area contributed by atoms with Gasteiger partial charge in [-0.15, -0.1) is 0 Å². The maximum atomic E-state index is 12.5. The van der Waals surface area contributed by atoms with Gasteiger partial charge in [-0.05, 0) is 45.4 Å². The first kappa shape index (κ1) is 13.4. The van der Waals surface area contributed by atoms with E-state index in [0.717, 1.165) is 12.8 Å². The van der Waals surface area contributed by atoms with Crippen molar-refractivity contribution in [1.82, 2.24) is 4.90 Å². The van der Waals surface area contributed by atoms with Crippen LogP contribution in [0.25, 0.3) is 0 Å². The maximum Gasteiger partial charge on any atom is 0.329 e. The first-order valence-corrected chi connectivity index (χ1v) is 6.96. The molecule has 2 atom stereocenters. The van der Waals surface area contributed by atoms with E-state index in [1.54, 1.807) is 18.7 Å². The summed E-state index contributed by atoms with van der Waals surface area (Å²) >= 11 is 0. The molecule has 2 unspecified atom stereocenters. The molecule has 0 aromatic carbocycles. The highest BCUT2D eigenvalue weighted by molar-refractivity contribution is 5.89. The third-order valence-corrected chi connectivity index (χ3v) is 4.72. The highest BCUT2D eigenvalue weighted by Crippen LogP contribution is 2.56. The Morgan fingerprint density at radius 2 is 1.72 bits per heavy atom. The van der Waals surface area contributed by atoms with E-state index in [1.165, 1.54) is 12.8 Å². The van der Waals surface area contributed by atoms with Crippen LogP contribution in [0, 0.1) is 17.8 Å². The minimum absolute atomic E-state index is 0.0572. The average molecular weight is 253 g/mol. The lowest BCUT2D eigenvalue weighted by molar-refractivity contribution is -0.157. The van der Waals surface area contributed by atoms with Gasteiger partial charge < -0.3 is 10.0 Å². The van der Waals surface area contributed by atoms with Crippen LogP contribution in [0.4, 0.5) is 0 Å². The zero-order chi connectivity index (χ0) is 13.5. The van der Waals surface area contributed by atoms with Gasteiger partial charge in [0.25, 0.3) is 0 Å². The lowest BCUT2D eigenvalue weighted by Gasteiger charge is -2.34. The third-order valence-electron chi connectivity index (χ3n) is 4.72. The normalized spacial score (nSPS) is 30.5. The van der Waals surface area contributed by atoms with Crippen LogP contribution >= 0.6 is 0 Å². The number of hydrogen-bond acceptors (Lipinski definition) is 2. The number of amides is 1. The first-order valence-electron chi connectivity index (χ1n) is 6.96. The van der Waals surface area contributed by atoms with E-state index in [4.69, 9.17) is 0 Å². The Kier molecular flexibility index (Phi) is 3.39. The number of fused-ring (bicyclic) bond motifs is 1. The molecule has 2 saturated carbocycles. The molecule has 2 aliphatic rings. The Bertz CT molecular complexity index is 352. The predicted molar refractivity (Wildman–Crippen MR) is 68.0 cm³/mol. The number of likely N-dealkylation sites (N-methyl/N-ethyl adjacent to an activating group) is 1. The average Bonchev–Trinajstić information content (AvgIpc) is 3.03. The molecule has 4 nitrogen and oxygen atoms in total. The number of rotatable bonds is 4. The summed E-state index contributed by atoms with van der Waals surface area (Å²) in [7, 11) is 0. The molecule has 0 spiro atoms. The Labute approximate surface area is 108 Å². The second-order valence-corrected chi connectivity index (χ2v) is 6.08. The molecule has 102 valence electrons. The van der Waals surface area contributed by atoms with Crippen molar-refractivity contribution in [2.75, 3.05) is 6.54 Å². The van der Waals surface area contributed by atoms with E-state index in [2.05, 4.69) is 0 Å². The van der Waals surface area contributed by atoms with Gasteiger partial charge in [-0.1, -0.05) is 12.8 Å². The zero-order valence-electron chi connectivity index (χ0n) is 11.5. The maximum absolute atomic E-state index is 12.5. The van der Waals surface area contributed by atoms with Crippen LogP contribution in [0.2, 0.25) is 0 Å². The summed E-state index contributed by atoms with van der Waals surface area (Å²) < 4.78 is 0. The van der Waals surface area contributed by atoms with E-state index in [0.29, 0.717) is 18.4 Å². The molecule has 18 heavy (non-hydrogen) atoms. The molecule has 2 fully saturated rings. The van der Waals surface area contributed by atoms with Gasteiger partial charge in [0.05, 0.1) is 0 Å². The Morgan fingerprint density at radius 3 is 2.11 bits per heavy atom. The monoisotopic (exact) mass is 253 g/mol. The molecule has 4 heteroatoms. The van der Waals surface area contributed by atoms with Crippen molar-refractivity contribution in [3.8, 4) is 0 Å². The summed E-state index contributed by atoms with van der Waals surface area (Å²) in [5, 5.41) is 9.26. The summed E-state index contributed by atoms with van der Waals surface area (Å²) in [6.45, 7) is 5.55. The fourth-order valence-corrected chi connectivity index (χ4v) is 3.48. The molecule has 0 aromatic heterocycles. The van der Waals surface area contributed by atoms with Crippen molar-refractivity contribution < 1.29 is 14.7 Å². The van der Waals surface area contributed by atoms with Crippen LogP contribution in [0.15, 0.2) is 0 Å². The number of carbonyl (C=O) groups is 2. The second kappa shape index (κ2) is 4.56. The molecule has 0 radical (unpaired) electrons. The fourth-order valence-electron chi connectivity index (χ4n) is 3.48. The van der Waals surface area contributed by atoms with Crippen molar-refractivity contribution >= 4 is 11.9 Å². The van der Waals surface area contributed by atoms with Gasteiger partial charge in [-0.25, -0.2) is 4.79 Å². The molecular formula is C14H23NO3. The Hall–Kier alpha value is -1.06. The van der Waals surface area contributed by atoms with E-state index in [9.17, 15) is 14.7 Å². The van der Waals surface area contributed by atoms with Gasteiger partial charge in [-0.2, -0.15) is 0 Å². The van der Waals surface area contributed by atoms with Crippen molar-refractivity contribution in [2.24, 2.45) is 17.8 Å². The lowest BCUT2D eigenvalue weighted by atomic mass is 10.0. The molecule has 0 saturated heterocycles. The zero-order valence-corrected chi connectivity index (χ0v) is 11.5. The number of aliphatic carboxylic acids is 1. The van der Waals surface area contributed by atoms with Crippen LogP contribution in [-0.4, -0.2) is 34.0 Å². The van der Waals surface area contributed by atoms with Crippen LogP contribution in [0.1, 0.15) is 46.5 Å². The van der Waals surface area contributed by atoms with E-state index in [1.807, 2.05) is 6.92 Å². The SMILES string of the molecule is CCN(C(=O)C1C2CCCCC21)C(C)(C)C(=O)O. The van der Waals surface area contributed by atoms with Crippen LogP contribution in [-0.2, 0) is 9.59 Å². The standard InChI is InChI=1S/C14H23NO3/c1-4-15(14(2,3)13(17)18)12(16)11-9-7-5-6-8-10(9)11/h9-11H,4-8H2,1-3H3,(H,17,18). The second-order valence-electron chi connectivity index (χ2n) is 6.08. The van der Waals surface area contributed by atoms with Crippen molar-refractivity contribution in [2.45, 2.75) is 52.0 Å². The topological polar surface area (TPSA) is 57.6 Å². The van der Waals surface area contributed by atoms with Crippen molar-refractivity contribution in [3.05, 3.63) is 0 Å². The van der Waals surface area contributed by atoms with E-state index >= 15 is 0 Å². The third kappa shape index (κ3) is 2.02. The quantitative estimate of drug-likeness (QED) is 0.835. The minimum atomic E-state index is -1.10. The molecule has 0 aliphatic heterocycles. The fraction of sp³-hybridized carbons (Fsp3) is 0.857. The Balaban J connectivity index is 2.10. The molecular weight excluding hydrogens is 230 g/mol. The van der Waals surface area contributed by atoms with Crippen molar-refractivity contribution in [3.63, 3.8) is 0 Å². The summed E-state index contributed by atoms with van der Waals surface area (Å²) in [5.74, 6) is 0.295. The van der Waals surface area contributed by atoms with Gasteiger partial charge in [0, 0.05) is 12.5 Å². The van der Waals surface area contributed by atoms with Gasteiger partial charge in [0.15, 0.2) is 0 Å². The minimum Gasteiger partial charge on any atom is -0.480 e. The first-order chi connectivity index (χ1) is 8.41. The molecule has 0 aromatic rings. The summed E-state index contributed by atoms with van der Waals surface area (Å²) in [5.41, 5.74) is -1.10. The van der Waals surface area contributed by atoms with Crippen LogP contribution in [0.3, 0.4) is 0 Å². The highest BCUT2D eigenvalue weighted by atomic mass is 16.4. The number of carboxylic acids is 1. The van der Waals surface area contributed by atoms with Gasteiger partial charge in [0.1, 0.15) is 5.54 Å². The smallest absolute Gasteiger partial charge is 0.329 e. The summed E-state index contributed by atoms with van der Waals surface area (Å²) in [6.07, 6.45) is 4.73. The van der Waals surface area contributed by atoms with Gasteiger partial charge in [0.2, 0.25) is 5.91 Å². The van der Waals surface area contributed by atoms with E-state index < -0.39 is 11.5 Å². The highest BCUT2D eigenvalue weighted by Gasteiger charge is 2.57.